The van der Waals surface area contributed by atoms with Crippen molar-refractivity contribution in [2.24, 2.45) is 11.8 Å². The molecule has 10 heteroatoms. The fourth-order valence-corrected chi connectivity index (χ4v) is 8.35. The number of β-amino-alcohol motifs (C(OH)–C–C–N with tert-alkyl or cyclic N) is 1. The minimum Gasteiger partial charge on any atom is -0.395 e. The van der Waals surface area contributed by atoms with Crippen molar-refractivity contribution in [1.82, 2.24) is 19.6 Å². The molecule has 1 spiro atoms. The highest BCUT2D eigenvalue weighted by molar-refractivity contribution is 8.02. The number of amides is 3. The number of carbonyl (C=O) groups is 3. The summed E-state index contributed by atoms with van der Waals surface area (Å²) in [5.74, 6) is -1.37. The molecule has 0 aromatic carbocycles. The van der Waals surface area contributed by atoms with E-state index in [-0.39, 0.29) is 36.1 Å². The minimum absolute atomic E-state index is 0.00319. The van der Waals surface area contributed by atoms with E-state index in [9.17, 15) is 19.5 Å². The van der Waals surface area contributed by atoms with E-state index in [0.717, 1.165) is 26.1 Å². The molecule has 5 aliphatic heterocycles. The number of carbonyl (C=O) groups excluding carboxylic acids is 3. The summed E-state index contributed by atoms with van der Waals surface area (Å²) < 4.78 is 4.63. The molecule has 0 aromatic rings. The highest BCUT2D eigenvalue weighted by Crippen LogP contribution is 2.60. The van der Waals surface area contributed by atoms with Gasteiger partial charge in [0.05, 0.1) is 36.4 Å². The first-order valence-electron chi connectivity index (χ1n) is 12.8. The summed E-state index contributed by atoms with van der Waals surface area (Å²) >= 11 is 1.59. The second kappa shape index (κ2) is 10.2. The van der Waals surface area contributed by atoms with Gasteiger partial charge in [0.25, 0.3) is 0 Å². The van der Waals surface area contributed by atoms with Crippen molar-refractivity contribution in [3.63, 3.8) is 0 Å². The number of nitrogens with zero attached hydrogens (tertiary/aromatic N) is 4. The van der Waals surface area contributed by atoms with E-state index >= 15 is 0 Å². The van der Waals surface area contributed by atoms with Crippen LogP contribution in [0.4, 0.5) is 0 Å². The monoisotopic (exact) mass is 504 g/mol. The van der Waals surface area contributed by atoms with Crippen LogP contribution in [0.25, 0.3) is 0 Å². The topological polar surface area (TPSA) is 93.6 Å². The number of likely N-dealkylation sites (tertiary alicyclic amines) is 1. The van der Waals surface area contributed by atoms with E-state index in [4.69, 9.17) is 4.74 Å². The zero-order valence-electron chi connectivity index (χ0n) is 20.4. The van der Waals surface area contributed by atoms with Crippen LogP contribution in [-0.4, -0.2) is 131 Å². The number of rotatable bonds is 7. The molecule has 3 amide bonds. The molecule has 5 rings (SSSR count). The van der Waals surface area contributed by atoms with Crippen LogP contribution in [0.2, 0.25) is 0 Å². The molecule has 0 radical (unpaired) electrons. The molecule has 192 valence electrons. The highest BCUT2D eigenvalue weighted by atomic mass is 32.2. The SMILES string of the molecule is CCCN1CC=C[C@H]2S[C@]34C=CCN(CCN5CCOCC5)C(=O)C3N(CCO)C(=O)[C@@H]4[C@H]2C1=O. The number of fused-ring (bicyclic) bond motifs is 2. The lowest BCUT2D eigenvalue weighted by molar-refractivity contribution is -0.144. The molecule has 3 fully saturated rings. The number of aliphatic hydroxyl groups excluding tert-OH is 1. The Morgan fingerprint density at radius 2 is 1.74 bits per heavy atom. The summed E-state index contributed by atoms with van der Waals surface area (Å²) in [4.78, 5) is 49.1. The zero-order valence-corrected chi connectivity index (χ0v) is 21.2. The van der Waals surface area contributed by atoms with Crippen LogP contribution in [0.1, 0.15) is 13.3 Å². The Hall–Kier alpha value is -1.88. The molecule has 1 N–H and O–H groups in total. The number of ether oxygens (including phenoxy) is 1. The molecule has 1 unspecified atom stereocenters. The third-order valence-corrected chi connectivity index (χ3v) is 9.69. The van der Waals surface area contributed by atoms with Crippen LogP contribution in [0.5, 0.6) is 0 Å². The molecular formula is C25H36N4O5S. The zero-order chi connectivity index (χ0) is 24.6. The second-order valence-corrected chi connectivity index (χ2v) is 11.4. The lowest BCUT2D eigenvalue weighted by Gasteiger charge is -2.36. The fraction of sp³-hybridized carbons (Fsp3) is 0.720. The van der Waals surface area contributed by atoms with E-state index in [0.29, 0.717) is 39.4 Å². The average Bonchev–Trinajstić information content (AvgIpc) is 3.17. The number of thioether (sulfide) groups is 1. The van der Waals surface area contributed by atoms with Gasteiger partial charge in [-0.3, -0.25) is 19.3 Å². The Labute approximate surface area is 211 Å². The maximum atomic E-state index is 14.0. The molecule has 9 nitrogen and oxygen atoms in total. The van der Waals surface area contributed by atoms with Gasteiger partial charge in [-0.15, -0.1) is 11.8 Å². The van der Waals surface area contributed by atoms with Crippen molar-refractivity contribution in [3.8, 4) is 0 Å². The van der Waals surface area contributed by atoms with Gasteiger partial charge in [0.2, 0.25) is 17.7 Å². The van der Waals surface area contributed by atoms with Gasteiger partial charge in [-0.2, -0.15) is 0 Å². The molecule has 5 aliphatic rings. The molecule has 0 aromatic heterocycles. The van der Waals surface area contributed by atoms with E-state index in [2.05, 4.69) is 11.0 Å². The summed E-state index contributed by atoms with van der Waals surface area (Å²) in [7, 11) is 0. The lowest BCUT2D eigenvalue weighted by Crippen LogP contribution is -2.54. The Morgan fingerprint density at radius 1 is 1.00 bits per heavy atom. The fourth-order valence-electron chi connectivity index (χ4n) is 6.34. The molecule has 5 heterocycles. The summed E-state index contributed by atoms with van der Waals surface area (Å²) in [5.41, 5.74) is 0. The van der Waals surface area contributed by atoms with E-state index < -0.39 is 22.6 Å². The Kier molecular flexibility index (Phi) is 7.25. The molecule has 5 atom stereocenters. The predicted molar refractivity (Wildman–Crippen MR) is 133 cm³/mol. The molecule has 0 bridgehead atoms. The van der Waals surface area contributed by atoms with Gasteiger partial charge >= 0.3 is 0 Å². The molecule has 35 heavy (non-hydrogen) atoms. The maximum absolute atomic E-state index is 14.0. The maximum Gasteiger partial charge on any atom is 0.247 e. The number of hydrogen-bond donors (Lipinski definition) is 1. The Morgan fingerprint density at radius 3 is 2.49 bits per heavy atom. The van der Waals surface area contributed by atoms with Crippen LogP contribution in [0.15, 0.2) is 24.3 Å². The first-order valence-corrected chi connectivity index (χ1v) is 13.7. The number of aliphatic hydroxyl groups is 1. The minimum atomic E-state index is -0.804. The van der Waals surface area contributed by atoms with Gasteiger partial charge in [0.15, 0.2) is 0 Å². The first kappa shape index (κ1) is 24.8. The predicted octanol–water partition coefficient (Wildman–Crippen LogP) is -0.185. The quantitative estimate of drug-likeness (QED) is 0.481. The largest absolute Gasteiger partial charge is 0.395 e. The van der Waals surface area contributed by atoms with E-state index in [1.54, 1.807) is 16.7 Å². The van der Waals surface area contributed by atoms with Gasteiger partial charge in [-0.25, -0.2) is 0 Å². The summed E-state index contributed by atoms with van der Waals surface area (Å²) in [6.07, 6.45) is 9.00. The van der Waals surface area contributed by atoms with Crippen LogP contribution in [0.3, 0.4) is 0 Å². The van der Waals surface area contributed by atoms with Crippen molar-refractivity contribution in [1.29, 1.82) is 0 Å². The lowest BCUT2D eigenvalue weighted by atomic mass is 9.78. The molecular weight excluding hydrogens is 468 g/mol. The van der Waals surface area contributed by atoms with E-state index in [1.165, 1.54) is 0 Å². The molecule has 3 saturated heterocycles. The van der Waals surface area contributed by atoms with Gasteiger partial charge in [-0.1, -0.05) is 31.2 Å². The van der Waals surface area contributed by atoms with Gasteiger partial charge in [-0.05, 0) is 6.42 Å². The van der Waals surface area contributed by atoms with Crippen LogP contribution in [-0.2, 0) is 19.1 Å². The number of morpholine rings is 1. The van der Waals surface area contributed by atoms with Crippen molar-refractivity contribution < 1.29 is 24.2 Å². The Balaban J connectivity index is 1.45. The van der Waals surface area contributed by atoms with Gasteiger partial charge in [0, 0.05) is 57.6 Å². The second-order valence-electron chi connectivity index (χ2n) is 9.95. The smallest absolute Gasteiger partial charge is 0.247 e. The number of hydrogen-bond acceptors (Lipinski definition) is 7. The van der Waals surface area contributed by atoms with Crippen LogP contribution < -0.4 is 0 Å². The van der Waals surface area contributed by atoms with Crippen LogP contribution >= 0.6 is 11.8 Å². The van der Waals surface area contributed by atoms with Crippen molar-refractivity contribution in [2.45, 2.75) is 29.4 Å². The van der Waals surface area contributed by atoms with Crippen molar-refractivity contribution in [3.05, 3.63) is 24.3 Å². The van der Waals surface area contributed by atoms with Gasteiger partial charge in [0.1, 0.15) is 6.04 Å². The summed E-state index contributed by atoms with van der Waals surface area (Å²) in [5, 5.41) is 9.64. The highest BCUT2D eigenvalue weighted by Gasteiger charge is 2.70. The summed E-state index contributed by atoms with van der Waals surface area (Å²) in [6, 6.07) is -0.714. The van der Waals surface area contributed by atoms with Crippen molar-refractivity contribution >= 4 is 29.5 Å². The normalized spacial score (nSPS) is 35.3. The third kappa shape index (κ3) is 4.22. The van der Waals surface area contributed by atoms with E-state index in [1.807, 2.05) is 35.0 Å². The molecule has 0 saturated carbocycles. The summed E-state index contributed by atoms with van der Waals surface area (Å²) in [6.45, 7) is 8.05. The Bertz CT molecular complexity index is 906. The third-order valence-electron chi connectivity index (χ3n) is 7.95. The van der Waals surface area contributed by atoms with Gasteiger partial charge < -0.3 is 24.5 Å². The van der Waals surface area contributed by atoms with Crippen LogP contribution in [0, 0.1) is 11.8 Å². The van der Waals surface area contributed by atoms with Crippen molar-refractivity contribution in [2.75, 3.05) is 72.2 Å². The first-order chi connectivity index (χ1) is 17.0. The standard InChI is InChI=1S/C25H36N4O5S/c1-2-7-27-8-3-5-18-19(22(27)31)20-23(32)29(12-15-30)21-24(33)28(9-4-6-25(20,21)35-18)11-10-26-13-16-34-17-14-26/h3-6,18-21,30H,2,7-17H2,1H3/t18-,19+,20+,21?,25+/m1/s1. The molecule has 0 aliphatic carbocycles. The average molecular weight is 505 g/mol.